The van der Waals surface area contributed by atoms with Gasteiger partial charge in [0.25, 0.3) is 11.8 Å². The molecule has 1 aliphatic heterocycles. The fourth-order valence-corrected chi connectivity index (χ4v) is 6.21. The van der Waals surface area contributed by atoms with Gasteiger partial charge in [-0.15, -0.1) is 0 Å². The van der Waals surface area contributed by atoms with Crippen molar-refractivity contribution in [2.45, 2.75) is 78.2 Å². The summed E-state index contributed by atoms with van der Waals surface area (Å²) in [4.78, 5) is 19.6. The Morgan fingerprint density at radius 1 is 0.978 bits per heavy atom. The quantitative estimate of drug-likeness (QED) is 0.155. The molecule has 2 aliphatic rings. The fraction of sp³-hybridized carbons (Fsp3) is 0.432. The van der Waals surface area contributed by atoms with Crippen LogP contribution in [0.15, 0.2) is 66.7 Å². The van der Waals surface area contributed by atoms with E-state index in [9.17, 15) is 22.4 Å². The molecule has 2 heterocycles. The van der Waals surface area contributed by atoms with E-state index in [2.05, 4.69) is 18.8 Å². The molecule has 0 spiro atoms. The van der Waals surface area contributed by atoms with Crippen LogP contribution in [0.1, 0.15) is 104 Å². The molecule has 1 unspecified atom stereocenters. The first-order valence-electron chi connectivity index (χ1n) is 16.1. The van der Waals surface area contributed by atoms with Crippen molar-refractivity contribution in [2.75, 3.05) is 13.1 Å². The zero-order valence-corrected chi connectivity index (χ0v) is 26.9. The minimum absolute atomic E-state index is 0.0536. The summed E-state index contributed by atoms with van der Waals surface area (Å²) in [5, 5.41) is 8.68. The first kappa shape index (κ1) is 33.4. The molecule has 1 aromatic heterocycles. The molecule has 1 amide bonds. The molecule has 1 saturated heterocycles. The summed E-state index contributed by atoms with van der Waals surface area (Å²) in [5.41, 5.74) is 2.74. The number of imidazole rings is 1. The zero-order valence-electron chi connectivity index (χ0n) is 26.9. The van der Waals surface area contributed by atoms with E-state index in [0.29, 0.717) is 59.5 Å². The lowest BCUT2D eigenvalue weighted by atomic mass is 9.93. The number of halogens is 4. The minimum atomic E-state index is -3.03. The minimum Gasteiger partial charge on any atom is -0.339 e. The Bertz CT molecular complexity index is 1700. The van der Waals surface area contributed by atoms with Gasteiger partial charge in [-0.25, -0.2) is 13.8 Å². The van der Waals surface area contributed by atoms with Gasteiger partial charge in [0.15, 0.2) is 0 Å². The van der Waals surface area contributed by atoms with Crippen molar-refractivity contribution in [3.8, 4) is 0 Å². The summed E-state index contributed by atoms with van der Waals surface area (Å²) >= 11 is 0. The third kappa shape index (κ3) is 7.34. The van der Waals surface area contributed by atoms with Gasteiger partial charge in [-0.05, 0) is 80.3 Å². The average molecular weight is 635 g/mol. The van der Waals surface area contributed by atoms with Crippen LogP contribution in [-0.2, 0) is 5.92 Å². The summed E-state index contributed by atoms with van der Waals surface area (Å²) in [6, 6.07) is 17.6. The summed E-state index contributed by atoms with van der Waals surface area (Å²) in [7, 11) is 0. The average Bonchev–Trinajstić information content (AvgIpc) is 3.83. The third-order valence-corrected chi connectivity index (χ3v) is 9.45. The van der Waals surface area contributed by atoms with Crippen LogP contribution in [0.25, 0.3) is 11.0 Å². The standard InChI is InChI=1S/C30H28F4N4O.C7H14/c1-18-10-11-21(17-23(18)26(35)20-6-5-7-22(16-20)30(2,33)34)28(39)37-14-12-19(13-15-37)27-36-24-8-3-4-9-25(24)38(27)29(31)32;1-3-6(2)7-4-5-7/h3-11,16-17,19,29,35H,12-15H2,1-2H3;6-7H,3-5H2,1-2H3. The Labute approximate surface area is 268 Å². The van der Waals surface area contributed by atoms with Crippen molar-refractivity contribution in [1.82, 2.24) is 14.5 Å². The van der Waals surface area contributed by atoms with Gasteiger partial charge in [0, 0.05) is 48.2 Å². The maximum absolute atomic E-state index is 13.9. The highest BCUT2D eigenvalue weighted by Crippen LogP contribution is 2.38. The largest absolute Gasteiger partial charge is 0.339 e. The molecule has 9 heteroatoms. The van der Waals surface area contributed by atoms with Crippen LogP contribution >= 0.6 is 0 Å². The second kappa shape index (κ2) is 13.8. The molecule has 6 rings (SSSR count). The molecule has 5 nitrogen and oxygen atoms in total. The molecule has 4 aromatic rings. The topological polar surface area (TPSA) is 62.0 Å². The van der Waals surface area contributed by atoms with Crippen LogP contribution < -0.4 is 0 Å². The van der Waals surface area contributed by atoms with Crippen molar-refractivity contribution < 1.29 is 22.4 Å². The van der Waals surface area contributed by atoms with Crippen LogP contribution in [-0.4, -0.2) is 39.2 Å². The fourth-order valence-electron chi connectivity index (χ4n) is 6.21. The van der Waals surface area contributed by atoms with Crippen LogP contribution in [0.5, 0.6) is 0 Å². The SMILES string of the molecule is CCC(C)C1CC1.Cc1ccc(C(=O)N2CCC(c3nc4ccccc4n3C(F)F)CC2)cc1C(=N)c1cccc(C(C)(F)F)c1. The van der Waals surface area contributed by atoms with Gasteiger partial charge in [-0.2, -0.15) is 8.78 Å². The van der Waals surface area contributed by atoms with Gasteiger partial charge in [0.2, 0.25) is 0 Å². The highest BCUT2D eigenvalue weighted by molar-refractivity contribution is 6.12. The van der Waals surface area contributed by atoms with Crippen LogP contribution in [0.4, 0.5) is 17.6 Å². The van der Waals surface area contributed by atoms with Crippen LogP contribution in [0.3, 0.4) is 0 Å². The van der Waals surface area contributed by atoms with E-state index in [-0.39, 0.29) is 23.1 Å². The predicted octanol–water partition coefficient (Wildman–Crippen LogP) is 9.73. The highest BCUT2D eigenvalue weighted by atomic mass is 19.3. The van der Waals surface area contributed by atoms with Gasteiger partial charge in [0.1, 0.15) is 5.82 Å². The molecular formula is C37H42F4N4O. The number of amides is 1. The van der Waals surface area contributed by atoms with Gasteiger partial charge >= 0.3 is 6.55 Å². The number of nitrogens with zero attached hydrogens (tertiary/aromatic N) is 3. The van der Waals surface area contributed by atoms with Gasteiger partial charge in [-0.3, -0.25) is 14.8 Å². The zero-order chi connectivity index (χ0) is 33.2. The predicted molar refractivity (Wildman–Crippen MR) is 174 cm³/mol. The van der Waals surface area contributed by atoms with E-state index in [4.69, 9.17) is 5.41 Å². The Balaban J connectivity index is 0.000000527. The van der Waals surface area contributed by atoms with E-state index in [1.54, 1.807) is 60.4 Å². The van der Waals surface area contributed by atoms with Crippen molar-refractivity contribution in [2.24, 2.45) is 11.8 Å². The van der Waals surface area contributed by atoms with E-state index in [1.807, 2.05) is 0 Å². The molecular weight excluding hydrogens is 592 g/mol. The molecule has 244 valence electrons. The van der Waals surface area contributed by atoms with E-state index in [0.717, 1.165) is 28.9 Å². The Morgan fingerprint density at radius 2 is 1.67 bits per heavy atom. The number of aryl methyl sites for hydroxylation is 1. The molecule has 0 radical (unpaired) electrons. The second-order valence-corrected chi connectivity index (χ2v) is 12.8. The van der Waals surface area contributed by atoms with Crippen molar-refractivity contribution >= 4 is 22.7 Å². The van der Waals surface area contributed by atoms with Crippen molar-refractivity contribution in [1.29, 1.82) is 5.41 Å². The number of benzene rings is 3. The normalized spacial score (nSPS) is 16.3. The monoisotopic (exact) mass is 634 g/mol. The number of rotatable bonds is 8. The van der Waals surface area contributed by atoms with Crippen molar-refractivity contribution in [3.05, 3.63) is 100 Å². The number of fused-ring (bicyclic) bond motifs is 1. The number of carbonyl (C=O) groups excluding carboxylic acids is 1. The second-order valence-electron chi connectivity index (χ2n) is 12.8. The number of carbonyl (C=O) groups is 1. The number of alkyl halides is 4. The molecule has 1 saturated carbocycles. The molecule has 1 atom stereocenters. The van der Waals surface area contributed by atoms with E-state index < -0.39 is 12.5 Å². The van der Waals surface area contributed by atoms with Gasteiger partial charge in [0.05, 0.1) is 16.7 Å². The lowest BCUT2D eigenvalue weighted by Gasteiger charge is -2.32. The van der Waals surface area contributed by atoms with Crippen molar-refractivity contribution in [3.63, 3.8) is 0 Å². The van der Waals surface area contributed by atoms with E-state index in [1.165, 1.54) is 37.5 Å². The summed E-state index contributed by atoms with van der Waals surface area (Å²) in [6.45, 7) is 5.30. The third-order valence-electron chi connectivity index (χ3n) is 9.45. The molecule has 1 aliphatic carbocycles. The first-order valence-corrected chi connectivity index (χ1v) is 16.1. The summed E-state index contributed by atoms with van der Waals surface area (Å²) in [6.07, 6.45) is 5.39. The number of para-hydroxylation sites is 2. The maximum Gasteiger partial charge on any atom is 0.320 e. The molecule has 0 bridgehead atoms. The van der Waals surface area contributed by atoms with Crippen LogP contribution in [0, 0.1) is 24.2 Å². The molecule has 46 heavy (non-hydrogen) atoms. The Kier molecular flexibility index (Phi) is 9.99. The molecule has 3 aromatic carbocycles. The highest BCUT2D eigenvalue weighted by Gasteiger charge is 2.31. The lowest BCUT2D eigenvalue weighted by molar-refractivity contribution is 0.0174. The summed E-state index contributed by atoms with van der Waals surface area (Å²) in [5.74, 6) is -0.997. The number of hydrogen-bond acceptors (Lipinski definition) is 3. The number of nitrogens with one attached hydrogen (secondary N) is 1. The lowest BCUT2D eigenvalue weighted by Crippen LogP contribution is -2.38. The first-order chi connectivity index (χ1) is 21.9. The Morgan fingerprint density at radius 3 is 2.28 bits per heavy atom. The number of hydrogen-bond donors (Lipinski definition) is 1. The maximum atomic E-state index is 13.9. The van der Waals surface area contributed by atoms with Gasteiger partial charge in [-0.1, -0.05) is 56.7 Å². The summed E-state index contributed by atoms with van der Waals surface area (Å²) < 4.78 is 56.5. The molecule has 2 fully saturated rings. The number of aromatic nitrogens is 2. The molecule has 1 N–H and O–H groups in total. The smallest absolute Gasteiger partial charge is 0.320 e. The van der Waals surface area contributed by atoms with Crippen LogP contribution in [0.2, 0.25) is 0 Å². The van der Waals surface area contributed by atoms with Gasteiger partial charge < -0.3 is 4.90 Å². The Hall–Kier alpha value is -4.01. The number of likely N-dealkylation sites (tertiary alicyclic amines) is 1. The van der Waals surface area contributed by atoms with E-state index >= 15 is 0 Å². The number of piperidine rings is 1.